The Bertz CT molecular complexity index is 654. The van der Waals surface area contributed by atoms with Crippen molar-refractivity contribution in [1.82, 2.24) is 0 Å². The van der Waals surface area contributed by atoms with Crippen LogP contribution in [-0.2, 0) is 0 Å². The van der Waals surface area contributed by atoms with Crippen LogP contribution < -0.4 is 10.1 Å². The normalized spacial score (nSPS) is 15.0. The SMILES string of the molecule is COc1ccc(NC(C#N)c2cccc(C3CC3)c2)cc1. The highest BCUT2D eigenvalue weighted by Crippen LogP contribution is 2.40. The van der Waals surface area contributed by atoms with Gasteiger partial charge in [0.2, 0.25) is 0 Å². The number of anilines is 1. The van der Waals surface area contributed by atoms with Gasteiger partial charge in [-0.1, -0.05) is 24.3 Å². The van der Waals surface area contributed by atoms with E-state index < -0.39 is 0 Å². The second kappa shape index (κ2) is 5.88. The Labute approximate surface area is 125 Å². The first-order valence-corrected chi connectivity index (χ1v) is 7.20. The summed E-state index contributed by atoms with van der Waals surface area (Å²) in [6.45, 7) is 0. The number of nitrogens with one attached hydrogen (secondary N) is 1. The van der Waals surface area contributed by atoms with Crippen LogP contribution in [0, 0.1) is 11.3 Å². The maximum atomic E-state index is 9.45. The molecule has 0 saturated heterocycles. The molecule has 2 aromatic carbocycles. The fraction of sp³-hybridized carbons (Fsp3) is 0.278. The molecular formula is C18H18N2O. The molecule has 3 nitrogen and oxygen atoms in total. The maximum absolute atomic E-state index is 9.45. The molecule has 0 radical (unpaired) electrons. The highest BCUT2D eigenvalue weighted by Gasteiger charge is 2.24. The summed E-state index contributed by atoms with van der Waals surface area (Å²) in [4.78, 5) is 0. The molecule has 21 heavy (non-hydrogen) atoms. The molecule has 3 rings (SSSR count). The van der Waals surface area contributed by atoms with Crippen LogP contribution >= 0.6 is 0 Å². The Kier molecular flexibility index (Phi) is 3.79. The van der Waals surface area contributed by atoms with Gasteiger partial charge in [0.15, 0.2) is 0 Å². The predicted molar refractivity (Wildman–Crippen MR) is 83.4 cm³/mol. The fourth-order valence-corrected chi connectivity index (χ4v) is 2.45. The van der Waals surface area contributed by atoms with Crippen molar-refractivity contribution in [3.8, 4) is 11.8 Å². The number of rotatable bonds is 5. The lowest BCUT2D eigenvalue weighted by atomic mass is 10.0. The zero-order chi connectivity index (χ0) is 14.7. The topological polar surface area (TPSA) is 45.0 Å². The van der Waals surface area contributed by atoms with Gasteiger partial charge >= 0.3 is 0 Å². The minimum atomic E-state index is -0.336. The van der Waals surface area contributed by atoms with Crippen LogP contribution in [0.3, 0.4) is 0 Å². The van der Waals surface area contributed by atoms with Gasteiger partial charge in [0.1, 0.15) is 11.8 Å². The van der Waals surface area contributed by atoms with Crippen molar-refractivity contribution in [3.05, 3.63) is 59.7 Å². The first-order chi connectivity index (χ1) is 10.3. The van der Waals surface area contributed by atoms with E-state index in [-0.39, 0.29) is 6.04 Å². The van der Waals surface area contributed by atoms with Gasteiger partial charge in [0.05, 0.1) is 13.2 Å². The van der Waals surface area contributed by atoms with Gasteiger partial charge in [-0.15, -0.1) is 0 Å². The zero-order valence-corrected chi connectivity index (χ0v) is 12.0. The second-order valence-corrected chi connectivity index (χ2v) is 5.38. The van der Waals surface area contributed by atoms with Crippen LogP contribution in [0.25, 0.3) is 0 Å². The van der Waals surface area contributed by atoms with E-state index in [0.29, 0.717) is 5.92 Å². The molecule has 1 aliphatic rings. The molecule has 0 aromatic heterocycles. The van der Waals surface area contributed by atoms with E-state index in [1.807, 2.05) is 36.4 Å². The van der Waals surface area contributed by atoms with Crippen LogP contribution in [0.4, 0.5) is 5.69 Å². The molecule has 106 valence electrons. The number of nitrogens with zero attached hydrogens (tertiary/aromatic N) is 1. The lowest BCUT2D eigenvalue weighted by Gasteiger charge is -2.14. The van der Waals surface area contributed by atoms with Crippen molar-refractivity contribution < 1.29 is 4.74 Å². The van der Waals surface area contributed by atoms with Crippen molar-refractivity contribution in [1.29, 1.82) is 5.26 Å². The fourth-order valence-electron chi connectivity index (χ4n) is 2.45. The summed E-state index contributed by atoms with van der Waals surface area (Å²) in [5, 5.41) is 12.7. The Morgan fingerprint density at radius 3 is 2.57 bits per heavy atom. The lowest BCUT2D eigenvalue weighted by Crippen LogP contribution is -2.08. The van der Waals surface area contributed by atoms with E-state index in [1.54, 1.807) is 7.11 Å². The van der Waals surface area contributed by atoms with Gasteiger partial charge < -0.3 is 10.1 Å². The molecule has 0 heterocycles. The molecule has 1 atom stereocenters. The smallest absolute Gasteiger partial charge is 0.140 e. The van der Waals surface area contributed by atoms with Crippen molar-refractivity contribution >= 4 is 5.69 Å². The number of ether oxygens (including phenoxy) is 1. The van der Waals surface area contributed by atoms with Gasteiger partial charge in [-0.05, 0) is 54.2 Å². The van der Waals surface area contributed by atoms with E-state index in [4.69, 9.17) is 4.74 Å². The summed E-state index contributed by atoms with van der Waals surface area (Å²) in [6, 6.07) is 18.0. The molecule has 3 heteroatoms. The standard InChI is InChI=1S/C18H18N2O/c1-21-17-9-7-16(8-10-17)20-18(12-19)15-4-2-3-14(11-15)13-5-6-13/h2-4,7-11,13,18,20H,5-6H2,1H3. The molecule has 1 fully saturated rings. The number of benzene rings is 2. The van der Waals surface area contributed by atoms with Gasteiger partial charge in [-0.3, -0.25) is 0 Å². The van der Waals surface area contributed by atoms with Crippen LogP contribution in [0.15, 0.2) is 48.5 Å². The molecule has 1 N–H and O–H groups in total. The van der Waals surface area contributed by atoms with Crippen molar-refractivity contribution in [2.24, 2.45) is 0 Å². The average molecular weight is 278 g/mol. The monoisotopic (exact) mass is 278 g/mol. The summed E-state index contributed by atoms with van der Waals surface area (Å²) in [7, 11) is 1.64. The van der Waals surface area contributed by atoms with Gasteiger partial charge in [0.25, 0.3) is 0 Å². The van der Waals surface area contributed by atoms with Crippen molar-refractivity contribution in [3.63, 3.8) is 0 Å². The van der Waals surface area contributed by atoms with Crippen molar-refractivity contribution in [2.75, 3.05) is 12.4 Å². The quantitative estimate of drug-likeness (QED) is 0.889. The van der Waals surface area contributed by atoms with Crippen molar-refractivity contribution in [2.45, 2.75) is 24.8 Å². The second-order valence-electron chi connectivity index (χ2n) is 5.38. The highest BCUT2D eigenvalue weighted by molar-refractivity contribution is 5.50. The summed E-state index contributed by atoms with van der Waals surface area (Å²) < 4.78 is 5.14. The third kappa shape index (κ3) is 3.17. The molecule has 1 aliphatic carbocycles. The molecule has 1 saturated carbocycles. The van der Waals surface area contributed by atoms with Gasteiger partial charge in [0, 0.05) is 5.69 Å². The number of nitriles is 1. The van der Waals surface area contributed by atoms with E-state index in [0.717, 1.165) is 17.0 Å². The number of hydrogen-bond donors (Lipinski definition) is 1. The number of methoxy groups -OCH3 is 1. The highest BCUT2D eigenvalue weighted by atomic mass is 16.5. The van der Waals surface area contributed by atoms with Gasteiger partial charge in [-0.25, -0.2) is 0 Å². The predicted octanol–water partition coefficient (Wildman–Crippen LogP) is 4.25. The minimum Gasteiger partial charge on any atom is -0.497 e. The molecule has 0 aliphatic heterocycles. The Morgan fingerprint density at radius 2 is 1.95 bits per heavy atom. The molecule has 0 bridgehead atoms. The van der Waals surface area contributed by atoms with Crippen LogP contribution in [0.2, 0.25) is 0 Å². The first kappa shape index (κ1) is 13.5. The molecule has 0 spiro atoms. The minimum absolute atomic E-state index is 0.336. The Morgan fingerprint density at radius 1 is 1.19 bits per heavy atom. The van der Waals surface area contributed by atoms with Crippen LogP contribution in [0.1, 0.15) is 35.9 Å². The van der Waals surface area contributed by atoms with E-state index in [9.17, 15) is 5.26 Å². The van der Waals surface area contributed by atoms with E-state index >= 15 is 0 Å². The molecular weight excluding hydrogens is 260 g/mol. The summed E-state index contributed by atoms with van der Waals surface area (Å²) in [6.07, 6.45) is 2.54. The maximum Gasteiger partial charge on any atom is 0.140 e. The summed E-state index contributed by atoms with van der Waals surface area (Å²) in [5.74, 6) is 1.51. The van der Waals surface area contributed by atoms with Crippen LogP contribution in [-0.4, -0.2) is 7.11 Å². The Hall–Kier alpha value is -2.47. The average Bonchev–Trinajstić information content (AvgIpc) is 3.38. The summed E-state index contributed by atoms with van der Waals surface area (Å²) in [5.41, 5.74) is 3.29. The van der Waals surface area contributed by atoms with E-state index in [2.05, 4.69) is 23.5 Å². The zero-order valence-electron chi connectivity index (χ0n) is 12.0. The van der Waals surface area contributed by atoms with Gasteiger partial charge in [-0.2, -0.15) is 5.26 Å². The molecule has 0 amide bonds. The molecule has 1 unspecified atom stereocenters. The van der Waals surface area contributed by atoms with Crippen LogP contribution in [0.5, 0.6) is 5.75 Å². The summed E-state index contributed by atoms with van der Waals surface area (Å²) >= 11 is 0. The largest absolute Gasteiger partial charge is 0.497 e. The lowest BCUT2D eigenvalue weighted by molar-refractivity contribution is 0.415. The first-order valence-electron chi connectivity index (χ1n) is 7.20. The van der Waals surface area contributed by atoms with E-state index in [1.165, 1.54) is 18.4 Å². The number of hydrogen-bond acceptors (Lipinski definition) is 3. The molecule has 2 aromatic rings. The third-order valence-corrected chi connectivity index (χ3v) is 3.82. The Balaban J connectivity index is 1.77. The third-order valence-electron chi connectivity index (χ3n) is 3.82.